The number of aliphatic hydroxyl groups excluding tert-OH is 1. The zero-order valence-electron chi connectivity index (χ0n) is 10.5. The van der Waals surface area contributed by atoms with Gasteiger partial charge in [0.25, 0.3) is 0 Å². The molecule has 0 aromatic heterocycles. The molecule has 94 valence electrons. The second-order valence-corrected chi connectivity index (χ2v) is 4.72. The Hall–Kier alpha value is -1.06. The van der Waals surface area contributed by atoms with E-state index in [0.29, 0.717) is 13.2 Å². The van der Waals surface area contributed by atoms with Crippen molar-refractivity contribution in [3.63, 3.8) is 0 Å². The maximum Gasteiger partial charge on any atom is 0.125 e. The number of rotatable bonds is 4. The van der Waals surface area contributed by atoms with Crippen molar-refractivity contribution in [3.8, 4) is 5.75 Å². The highest BCUT2D eigenvalue weighted by molar-refractivity contribution is 5.39. The topological polar surface area (TPSA) is 38.7 Å². The average molecular weight is 236 g/mol. The number of aliphatic hydroxyl groups is 1. The van der Waals surface area contributed by atoms with Crippen molar-refractivity contribution in [3.05, 3.63) is 29.3 Å². The van der Waals surface area contributed by atoms with Crippen LogP contribution in [0.25, 0.3) is 0 Å². The molecule has 1 aliphatic heterocycles. The predicted octanol–water partition coefficient (Wildman–Crippen LogP) is 2.08. The van der Waals surface area contributed by atoms with Crippen LogP contribution in [0.5, 0.6) is 5.75 Å². The van der Waals surface area contributed by atoms with Gasteiger partial charge in [-0.15, -0.1) is 0 Å². The number of hydrogen-bond acceptors (Lipinski definition) is 3. The van der Waals surface area contributed by atoms with E-state index in [4.69, 9.17) is 9.47 Å². The monoisotopic (exact) mass is 236 g/mol. The minimum atomic E-state index is -0.434. The molecule has 0 radical (unpaired) electrons. The molecule has 1 fully saturated rings. The molecule has 1 aliphatic rings. The van der Waals surface area contributed by atoms with Gasteiger partial charge in [-0.05, 0) is 31.4 Å². The molecule has 1 aromatic carbocycles. The summed E-state index contributed by atoms with van der Waals surface area (Å²) in [6, 6.07) is 6.06. The second-order valence-electron chi connectivity index (χ2n) is 4.72. The van der Waals surface area contributed by atoms with Gasteiger partial charge in [-0.3, -0.25) is 0 Å². The molecule has 0 bridgehead atoms. The van der Waals surface area contributed by atoms with Crippen molar-refractivity contribution in [1.82, 2.24) is 0 Å². The maximum atomic E-state index is 9.99. The SMILES string of the molecule is Cc1cccc(C)c1OCC(O)C1CCOC1. The van der Waals surface area contributed by atoms with E-state index < -0.39 is 6.10 Å². The smallest absolute Gasteiger partial charge is 0.125 e. The lowest BCUT2D eigenvalue weighted by Crippen LogP contribution is -2.27. The summed E-state index contributed by atoms with van der Waals surface area (Å²) in [4.78, 5) is 0. The van der Waals surface area contributed by atoms with Crippen molar-refractivity contribution in [1.29, 1.82) is 0 Å². The summed E-state index contributed by atoms with van der Waals surface area (Å²) < 4.78 is 11.0. The predicted molar refractivity (Wildman–Crippen MR) is 66.3 cm³/mol. The van der Waals surface area contributed by atoms with Gasteiger partial charge in [0, 0.05) is 12.5 Å². The van der Waals surface area contributed by atoms with Crippen LogP contribution in [0.3, 0.4) is 0 Å². The minimum Gasteiger partial charge on any atom is -0.490 e. The molecule has 0 saturated carbocycles. The van der Waals surface area contributed by atoms with E-state index in [1.165, 1.54) is 0 Å². The Balaban J connectivity index is 1.92. The van der Waals surface area contributed by atoms with Gasteiger partial charge in [0.15, 0.2) is 0 Å². The van der Waals surface area contributed by atoms with Crippen LogP contribution in [0.1, 0.15) is 17.5 Å². The fourth-order valence-electron chi connectivity index (χ4n) is 2.19. The molecule has 2 atom stereocenters. The van der Waals surface area contributed by atoms with Crippen LogP contribution in [0.2, 0.25) is 0 Å². The molecule has 0 spiro atoms. The lowest BCUT2D eigenvalue weighted by molar-refractivity contribution is 0.0495. The Bertz CT molecular complexity index is 349. The van der Waals surface area contributed by atoms with Crippen molar-refractivity contribution in [2.45, 2.75) is 26.4 Å². The molecule has 1 heterocycles. The second kappa shape index (κ2) is 5.52. The molecule has 0 aliphatic carbocycles. The number of hydrogen-bond donors (Lipinski definition) is 1. The summed E-state index contributed by atoms with van der Waals surface area (Å²) >= 11 is 0. The lowest BCUT2D eigenvalue weighted by atomic mass is 10.0. The Morgan fingerprint density at radius 2 is 2.12 bits per heavy atom. The molecule has 1 saturated heterocycles. The summed E-state index contributed by atoms with van der Waals surface area (Å²) in [5.41, 5.74) is 2.22. The minimum absolute atomic E-state index is 0.222. The number of benzene rings is 1. The van der Waals surface area contributed by atoms with Gasteiger partial charge in [-0.1, -0.05) is 18.2 Å². The Kier molecular flexibility index (Phi) is 4.02. The van der Waals surface area contributed by atoms with Gasteiger partial charge in [0.2, 0.25) is 0 Å². The van der Waals surface area contributed by atoms with Crippen LogP contribution in [0.4, 0.5) is 0 Å². The van der Waals surface area contributed by atoms with Crippen LogP contribution in [-0.4, -0.2) is 31.0 Å². The average Bonchev–Trinajstić information content (AvgIpc) is 2.81. The summed E-state index contributed by atoms with van der Waals surface area (Å²) in [6.45, 7) is 5.79. The van der Waals surface area contributed by atoms with Crippen LogP contribution >= 0.6 is 0 Å². The lowest BCUT2D eigenvalue weighted by Gasteiger charge is -2.19. The molecule has 2 rings (SSSR count). The summed E-state index contributed by atoms with van der Waals surface area (Å²) in [5, 5.41) is 9.99. The molecule has 1 N–H and O–H groups in total. The number of para-hydroxylation sites is 1. The fourth-order valence-corrected chi connectivity index (χ4v) is 2.19. The van der Waals surface area contributed by atoms with E-state index >= 15 is 0 Å². The standard InChI is InChI=1S/C14H20O3/c1-10-4-3-5-11(2)14(10)17-9-13(15)12-6-7-16-8-12/h3-5,12-13,15H,6-9H2,1-2H3. The Morgan fingerprint density at radius 3 is 2.71 bits per heavy atom. The largest absolute Gasteiger partial charge is 0.490 e. The summed E-state index contributed by atoms with van der Waals surface area (Å²) in [7, 11) is 0. The van der Waals surface area contributed by atoms with E-state index in [-0.39, 0.29) is 5.92 Å². The molecule has 3 nitrogen and oxygen atoms in total. The van der Waals surface area contributed by atoms with E-state index in [0.717, 1.165) is 29.9 Å². The number of ether oxygens (including phenoxy) is 2. The van der Waals surface area contributed by atoms with Gasteiger partial charge >= 0.3 is 0 Å². The van der Waals surface area contributed by atoms with Gasteiger partial charge in [0.05, 0.1) is 12.7 Å². The third kappa shape index (κ3) is 2.99. The Labute approximate surface area is 102 Å². The third-order valence-corrected chi connectivity index (χ3v) is 3.32. The number of aryl methyl sites for hydroxylation is 2. The molecule has 0 amide bonds. The molecule has 3 heteroatoms. The van der Waals surface area contributed by atoms with Crippen LogP contribution in [-0.2, 0) is 4.74 Å². The molecule has 17 heavy (non-hydrogen) atoms. The fraction of sp³-hybridized carbons (Fsp3) is 0.571. The van der Waals surface area contributed by atoms with E-state index in [1.54, 1.807) is 0 Å². The first-order valence-electron chi connectivity index (χ1n) is 6.13. The van der Waals surface area contributed by atoms with Crippen LogP contribution in [0, 0.1) is 19.8 Å². The van der Waals surface area contributed by atoms with Crippen molar-refractivity contribution >= 4 is 0 Å². The summed E-state index contributed by atoms with van der Waals surface area (Å²) in [6.07, 6.45) is 0.494. The highest BCUT2D eigenvalue weighted by atomic mass is 16.5. The highest BCUT2D eigenvalue weighted by Crippen LogP contribution is 2.24. The van der Waals surface area contributed by atoms with Gasteiger partial charge < -0.3 is 14.6 Å². The molecular weight excluding hydrogens is 216 g/mol. The van der Waals surface area contributed by atoms with Gasteiger partial charge in [-0.25, -0.2) is 0 Å². The van der Waals surface area contributed by atoms with Crippen molar-refractivity contribution < 1.29 is 14.6 Å². The van der Waals surface area contributed by atoms with E-state index in [9.17, 15) is 5.11 Å². The molecule has 2 unspecified atom stereocenters. The third-order valence-electron chi connectivity index (χ3n) is 3.32. The Morgan fingerprint density at radius 1 is 1.41 bits per heavy atom. The molecular formula is C14H20O3. The molecule has 1 aromatic rings. The van der Waals surface area contributed by atoms with Crippen molar-refractivity contribution in [2.75, 3.05) is 19.8 Å². The van der Waals surface area contributed by atoms with Gasteiger partial charge in [-0.2, -0.15) is 0 Å². The van der Waals surface area contributed by atoms with Crippen LogP contribution in [0.15, 0.2) is 18.2 Å². The van der Waals surface area contributed by atoms with Gasteiger partial charge in [0.1, 0.15) is 12.4 Å². The normalized spacial score (nSPS) is 21.5. The maximum absolute atomic E-state index is 9.99. The first-order chi connectivity index (χ1) is 8.18. The van der Waals surface area contributed by atoms with E-state index in [2.05, 4.69) is 0 Å². The van der Waals surface area contributed by atoms with E-state index in [1.807, 2.05) is 32.0 Å². The first-order valence-corrected chi connectivity index (χ1v) is 6.13. The van der Waals surface area contributed by atoms with Crippen molar-refractivity contribution in [2.24, 2.45) is 5.92 Å². The quantitative estimate of drug-likeness (QED) is 0.870. The first kappa shape index (κ1) is 12.4. The highest BCUT2D eigenvalue weighted by Gasteiger charge is 2.24. The summed E-state index contributed by atoms with van der Waals surface area (Å²) in [5.74, 6) is 1.12. The van der Waals surface area contributed by atoms with Crippen LogP contribution < -0.4 is 4.74 Å². The zero-order valence-corrected chi connectivity index (χ0v) is 10.5. The zero-order chi connectivity index (χ0) is 12.3.